The van der Waals surface area contributed by atoms with E-state index in [-0.39, 0.29) is 61.5 Å². The van der Waals surface area contributed by atoms with Gasteiger partial charge in [-0.25, -0.2) is 22.0 Å². The highest BCUT2D eigenvalue weighted by molar-refractivity contribution is 7.89. The van der Waals surface area contributed by atoms with E-state index < -0.39 is 33.9 Å². The second-order valence-electron chi connectivity index (χ2n) is 7.98. The zero-order valence-electron chi connectivity index (χ0n) is 18.8. The number of anilines is 2. The number of carbonyl (C=O) groups is 2. The lowest BCUT2D eigenvalue weighted by Gasteiger charge is -2.24. The normalized spacial score (nSPS) is 19.4. The highest BCUT2D eigenvalue weighted by Crippen LogP contribution is 2.31. The largest absolute Gasteiger partial charge is 0.442 e. The molecule has 0 unspecified atom stereocenters. The molecule has 0 bridgehead atoms. The Bertz CT molecular complexity index is 1190. The molecular formula is C22H24F2N4O6S. The first kappa shape index (κ1) is 24.8. The van der Waals surface area contributed by atoms with Crippen molar-refractivity contribution in [2.45, 2.75) is 17.9 Å². The van der Waals surface area contributed by atoms with Crippen LogP contribution in [-0.4, -0.2) is 70.3 Å². The number of sulfonamides is 1. The number of nitrogens with one attached hydrogen (secondary N) is 1. The fourth-order valence-corrected chi connectivity index (χ4v) is 5.13. The van der Waals surface area contributed by atoms with E-state index in [9.17, 15) is 18.0 Å². The van der Waals surface area contributed by atoms with Crippen molar-refractivity contribution in [1.82, 2.24) is 9.79 Å². The predicted octanol–water partition coefficient (Wildman–Crippen LogP) is 1.87. The molecule has 2 heterocycles. The Kier molecular flexibility index (Phi) is 7.19. The molecule has 35 heavy (non-hydrogen) atoms. The number of ether oxygens (including phenoxy) is 1. The van der Waals surface area contributed by atoms with Crippen molar-refractivity contribution >= 4 is 33.4 Å². The van der Waals surface area contributed by atoms with Crippen molar-refractivity contribution in [3.8, 4) is 0 Å². The van der Waals surface area contributed by atoms with E-state index in [1.54, 1.807) is 18.2 Å². The number of hydrogen-bond donors (Lipinski definition) is 1. The molecule has 2 aliphatic heterocycles. The number of halogens is 2. The summed E-state index contributed by atoms with van der Waals surface area (Å²) in [6, 6.07) is 9.76. The van der Waals surface area contributed by atoms with Gasteiger partial charge in [0.2, 0.25) is 5.91 Å². The smallest absolute Gasteiger partial charge is 0.414 e. The minimum absolute atomic E-state index is 0.0151. The first-order valence-corrected chi connectivity index (χ1v) is 12.3. The van der Waals surface area contributed by atoms with Crippen molar-refractivity contribution in [3.05, 3.63) is 54.1 Å². The Hall–Kier alpha value is -3.29. The van der Waals surface area contributed by atoms with Gasteiger partial charge in [0, 0.05) is 32.1 Å². The van der Waals surface area contributed by atoms with E-state index in [4.69, 9.17) is 9.57 Å². The SMILES string of the molecule is CC(=O)NC[C@H]1CN(c2cc(F)c(N3CCON(S(=O)(=O)c4ccccc4)CC3)c(F)c2)C(=O)O1. The van der Waals surface area contributed by atoms with Gasteiger partial charge in [0.25, 0.3) is 10.0 Å². The zero-order valence-corrected chi connectivity index (χ0v) is 19.6. The van der Waals surface area contributed by atoms with E-state index >= 15 is 8.78 Å². The van der Waals surface area contributed by atoms with Crippen LogP contribution in [0.4, 0.5) is 25.0 Å². The summed E-state index contributed by atoms with van der Waals surface area (Å²) in [5.74, 6) is -2.13. The zero-order chi connectivity index (χ0) is 25.2. The monoisotopic (exact) mass is 510 g/mol. The molecule has 1 atom stereocenters. The van der Waals surface area contributed by atoms with Gasteiger partial charge in [0.15, 0.2) is 11.6 Å². The highest BCUT2D eigenvalue weighted by atomic mass is 32.2. The Morgan fingerprint density at radius 1 is 1.11 bits per heavy atom. The third-order valence-corrected chi connectivity index (χ3v) is 7.23. The van der Waals surface area contributed by atoms with Gasteiger partial charge in [-0.2, -0.15) is 0 Å². The van der Waals surface area contributed by atoms with Gasteiger partial charge in [0.1, 0.15) is 11.8 Å². The van der Waals surface area contributed by atoms with Crippen LogP contribution in [0.1, 0.15) is 6.92 Å². The van der Waals surface area contributed by atoms with E-state index in [1.807, 2.05) is 0 Å². The van der Waals surface area contributed by atoms with Crippen LogP contribution in [0.15, 0.2) is 47.4 Å². The molecule has 10 nitrogen and oxygen atoms in total. The van der Waals surface area contributed by atoms with Crippen molar-refractivity contribution < 1.29 is 36.4 Å². The number of benzene rings is 2. The minimum atomic E-state index is -3.94. The number of hydrogen-bond acceptors (Lipinski definition) is 7. The maximum Gasteiger partial charge on any atom is 0.414 e. The van der Waals surface area contributed by atoms with Crippen LogP contribution in [0.2, 0.25) is 0 Å². The Morgan fingerprint density at radius 3 is 2.46 bits per heavy atom. The fraction of sp³-hybridized carbons (Fsp3) is 0.364. The van der Waals surface area contributed by atoms with Gasteiger partial charge in [-0.05, 0) is 12.1 Å². The number of amides is 2. The summed E-state index contributed by atoms with van der Waals surface area (Å²) in [5, 5.41) is 2.53. The second-order valence-corrected chi connectivity index (χ2v) is 9.81. The first-order chi connectivity index (χ1) is 16.7. The first-order valence-electron chi connectivity index (χ1n) is 10.8. The molecule has 188 valence electrons. The van der Waals surface area contributed by atoms with Gasteiger partial charge >= 0.3 is 6.09 Å². The summed E-state index contributed by atoms with van der Waals surface area (Å²) in [7, 11) is -3.94. The molecule has 2 fully saturated rings. The lowest BCUT2D eigenvalue weighted by atomic mass is 10.2. The quantitative estimate of drug-likeness (QED) is 0.632. The molecule has 2 amide bonds. The van der Waals surface area contributed by atoms with Gasteiger partial charge in [-0.15, -0.1) is 0 Å². The second kappa shape index (κ2) is 10.1. The van der Waals surface area contributed by atoms with Crippen LogP contribution in [0.3, 0.4) is 0 Å². The van der Waals surface area contributed by atoms with Crippen LogP contribution in [0.5, 0.6) is 0 Å². The van der Waals surface area contributed by atoms with E-state index in [0.29, 0.717) is 0 Å². The van der Waals surface area contributed by atoms with Gasteiger partial charge in [0.05, 0.1) is 36.8 Å². The number of rotatable bonds is 6. The number of cyclic esters (lactones) is 1. The molecule has 2 aromatic rings. The Balaban J connectivity index is 1.48. The van der Waals surface area contributed by atoms with E-state index in [0.717, 1.165) is 21.5 Å². The summed E-state index contributed by atoms with van der Waals surface area (Å²) in [4.78, 5) is 31.1. The van der Waals surface area contributed by atoms with Crippen LogP contribution < -0.4 is 15.1 Å². The Morgan fingerprint density at radius 2 is 1.80 bits per heavy atom. The molecule has 2 saturated heterocycles. The summed E-state index contributed by atoms with van der Waals surface area (Å²) in [5.41, 5.74) is -0.378. The number of hydroxylamine groups is 1. The van der Waals surface area contributed by atoms with Crippen LogP contribution in [-0.2, 0) is 24.4 Å². The molecular weight excluding hydrogens is 486 g/mol. The topological polar surface area (TPSA) is 108 Å². The summed E-state index contributed by atoms with van der Waals surface area (Å²) < 4.78 is 61.7. The van der Waals surface area contributed by atoms with Crippen molar-refractivity contribution in [1.29, 1.82) is 0 Å². The standard InChI is InChI=1S/C22H24F2N4O6S/c1-15(29)25-13-17-14-27(22(30)34-17)16-11-19(23)21(20(24)12-16)26-7-8-28(33-10-9-26)35(31,32)18-5-3-2-4-6-18/h2-6,11-12,17H,7-10,13-14H2,1H3,(H,25,29)/t17-/m0/s1. The van der Waals surface area contributed by atoms with Crippen molar-refractivity contribution in [2.75, 3.05) is 49.1 Å². The number of nitrogens with zero attached hydrogens (tertiary/aromatic N) is 3. The third kappa shape index (κ3) is 5.36. The maximum atomic E-state index is 15.1. The summed E-state index contributed by atoms with van der Waals surface area (Å²) in [6.07, 6.45) is -1.44. The van der Waals surface area contributed by atoms with E-state index in [1.165, 1.54) is 24.0 Å². The fourth-order valence-electron chi connectivity index (χ4n) is 3.86. The average Bonchev–Trinajstić information content (AvgIpc) is 3.02. The molecule has 13 heteroatoms. The van der Waals surface area contributed by atoms with Crippen LogP contribution in [0.25, 0.3) is 0 Å². The molecule has 0 saturated carbocycles. The van der Waals surface area contributed by atoms with Gasteiger partial charge in [-0.1, -0.05) is 22.7 Å². The maximum absolute atomic E-state index is 15.1. The molecule has 1 N–H and O–H groups in total. The van der Waals surface area contributed by atoms with Crippen molar-refractivity contribution in [2.24, 2.45) is 0 Å². The molecule has 0 spiro atoms. The molecule has 0 aliphatic carbocycles. The van der Waals surface area contributed by atoms with Crippen LogP contribution in [0, 0.1) is 11.6 Å². The predicted molar refractivity (Wildman–Crippen MR) is 121 cm³/mol. The molecule has 0 radical (unpaired) electrons. The Labute approximate surface area is 201 Å². The van der Waals surface area contributed by atoms with E-state index in [2.05, 4.69) is 5.32 Å². The summed E-state index contributed by atoms with van der Waals surface area (Å²) >= 11 is 0. The average molecular weight is 511 g/mol. The van der Waals surface area contributed by atoms with Crippen LogP contribution >= 0.6 is 0 Å². The molecule has 2 aliphatic rings. The van der Waals surface area contributed by atoms with Gasteiger partial charge in [-0.3, -0.25) is 14.5 Å². The highest BCUT2D eigenvalue weighted by Gasteiger charge is 2.34. The third-order valence-electron chi connectivity index (χ3n) is 5.54. The molecule has 4 rings (SSSR count). The lowest BCUT2D eigenvalue weighted by Crippen LogP contribution is -2.35. The summed E-state index contributed by atoms with van der Waals surface area (Å²) in [6.45, 7) is 1.17. The van der Waals surface area contributed by atoms with Crippen molar-refractivity contribution in [3.63, 3.8) is 0 Å². The molecule has 2 aromatic carbocycles. The number of carbonyl (C=O) groups excluding carboxylic acids is 2. The lowest BCUT2D eigenvalue weighted by molar-refractivity contribution is -0.119. The minimum Gasteiger partial charge on any atom is -0.442 e. The van der Waals surface area contributed by atoms with Gasteiger partial charge < -0.3 is 15.0 Å². The molecule has 0 aromatic heterocycles.